The quantitative estimate of drug-likeness (QED) is 0.559. The zero-order valence-corrected chi connectivity index (χ0v) is 14.2. The van der Waals surface area contributed by atoms with E-state index >= 15 is 0 Å². The molecule has 110 valence electrons. The molecule has 0 aromatic heterocycles. The molecule has 6 heteroatoms. The van der Waals surface area contributed by atoms with E-state index in [1.165, 1.54) is 0 Å². The average Bonchev–Trinajstić information content (AvgIpc) is 2.42. The number of benzene rings is 2. The van der Waals surface area contributed by atoms with Crippen LogP contribution in [0.2, 0.25) is 0 Å². The molecular weight excluding hydrogens is 430 g/mol. The van der Waals surface area contributed by atoms with Gasteiger partial charge in [-0.15, -0.1) is 11.4 Å². The van der Waals surface area contributed by atoms with Crippen LogP contribution in [-0.4, -0.2) is 23.7 Å². The number of hydrogen-bond donors (Lipinski definition) is 2. The van der Waals surface area contributed by atoms with Gasteiger partial charge in [0.15, 0.2) is 0 Å². The first-order valence-corrected chi connectivity index (χ1v) is 5.53. The Morgan fingerprint density at radius 1 is 0.650 bits per heavy atom. The second kappa shape index (κ2) is 14.6. The number of aliphatic hydroxyl groups excluding tert-OH is 1. The molecule has 0 bridgehead atoms. The van der Waals surface area contributed by atoms with Gasteiger partial charge in [-0.2, -0.15) is 0 Å². The molecule has 0 unspecified atom stereocenters. The molecule has 2 aromatic rings. The summed E-state index contributed by atoms with van der Waals surface area (Å²) in [5.41, 5.74) is 1.94. The van der Waals surface area contributed by atoms with E-state index in [-0.39, 0.29) is 39.0 Å². The summed E-state index contributed by atoms with van der Waals surface area (Å²) in [4.78, 5) is 0. The van der Waals surface area contributed by atoms with Crippen LogP contribution in [0.5, 0.6) is 0 Å². The second-order valence-electron chi connectivity index (χ2n) is 3.27. The summed E-state index contributed by atoms with van der Waals surface area (Å²) in [6.45, 7) is -0.270. The van der Waals surface area contributed by atoms with E-state index in [4.69, 9.17) is 10.2 Å². The Labute approximate surface area is 145 Å². The van der Waals surface area contributed by atoms with Gasteiger partial charge in [0.05, 0.1) is 0 Å². The maximum atomic E-state index is 7.12. The maximum absolute atomic E-state index is 7.12. The molecule has 0 amide bonds. The molecule has 2 radical (unpaired) electrons. The molecule has 0 saturated heterocycles. The van der Waals surface area contributed by atoms with Crippen molar-refractivity contribution < 1.29 is 49.2 Å². The van der Waals surface area contributed by atoms with Crippen LogP contribution in [0.15, 0.2) is 60.7 Å². The van der Waals surface area contributed by atoms with E-state index in [0.717, 1.165) is 11.4 Å². The Bertz CT molecular complexity index is 377. The fraction of sp³-hybridized carbons (Fsp3) is 0.143. The van der Waals surface area contributed by atoms with Gasteiger partial charge in [-0.05, 0) is 0 Å². The Hall–Kier alpha value is -0.793. The standard InChI is InChI=1S/C13H12N2.CH4O2.2Ru/c1-3-7-12(8-4-1)14-11-15-13-9-5-2-6-10-13;2-1-3;;/h1-10H,11H2;2-3H,1H2;;/q-2;;2*+1. The third kappa shape index (κ3) is 10.0. The number of nitrogens with zero attached hydrogens (tertiary/aromatic N) is 2. The van der Waals surface area contributed by atoms with E-state index in [1.54, 1.807) is 0 Å². The molecule has 4 nitrogen and oxygen atoms in total. The van der Waals surface area contributed by atoms with Crippen molar-refractivity contribution in [3.8, 4) is 0 Å². The Morgan fingerprint density at radius 3 is 1.25 bits per heavy atom. The van der Waals surface area contributed by atoms with Crippen LogP contribution in [0.3, 0.4) is 0 Å². The molecular formula is C14H16N2O2Ru2. The van der Waals surface area contributed by atoms with Gasteiger partial charge in [0.1, 0.15) is 6.79 Å². The number of para-hydroxylation sites is 2. The summed E-state index contributed by atoms with van der Waals surface area (Å²) in [6, 6.07) is 19.7. The van der Waals surface area contributed by atoms with Crippen molar-refractivity contribution in [3.05, 3.63) is 71.3 Å². The topological polar surface area (TPSA) is 68.7 Å². The largest absolute Gasteiger partial charge is 1.00 e. The van der Waals surface area contributed by atoms with Gasteiger partial charge >= 0.3 is 39.0 Å². The third-order valence-electron chi connectivity index (χ3n) is 2.02. The van der Waals surface area contributed by atoms with Gasteiger partial charge in [0, 0.05) is 0 Å². The second-order valence-corrected chi connectivity index (χ2v) is 3.27. The summed E-state index contributed by atoms with van der Waals surface area (Å²) in [5, 5.41) is 22.9. The fourth-order valence-electron chi connectivity index (χ4n) is 1.27. The van der Waals surface area contributed by atoms with Crippen molar-refractivity contribution in [3.63, 3.8) is 0 Å². The molecule has 2 aromatic carbocycles. The summed E-state index contributed by atoms with van der Waals surface area (Å²) >= 11 is 0. The molecule has 0 heterocycles. The van der Waals surface area contributed by atoms with Crippen molar-refractivity contribution in [1.82, 2.24) is 0 Å². The van der Waals surface area contributed by atoms with Crippen molar-refractivity contribution in [2.75, 3.05) is 13.5 Å². The van der Waals surface area contributed by atoms with Crippen LogP contribution in [-0.2, 0) is 39.0 Å². The first-order chi connectivity index (χ1) is 8.86. The molecule has 0 aliphatic carbocycles. The van der Waals surface area contributed by atoms with E-state index in [1.807, 2.05) is 60.7 Å². The van der Waals surface area contributed by atoms with Gasteiger partial charge in [-0.25, -0.2) is 6.67 Å². The minimum absolute atomic E-state index is 0. The number of hydrogen-bond acceptors (Lipinski definition) is 2. The van der Waals surface area contributed by atoms with Gasteiger partial charge in [0.2, 0.25) is 0 Å². The molecule has 0 fully saturated rings. The Balaban J connectivity index is 0. The van der Waals surface area contributed by atoms with E-state index in [2.05, 4.69) is 10.6 Å². The normalized spacial score (nSPS) is 8.10. The molecule has 20 heavy (non-hydrogen) atoms. The van der Waals surface area contributed by atoms with Crippen LogP contribution >= 0.6 is 0 Å². The number of rotatable bonds is 4. The predicted molar refractivity (Wildman–Crippen MR) is 73.1 cm³/mol. The molecule has 0 saturated carbocycles. The smallest absolute Gasteiger partial charge is 0.699 e. The Morgan fingerprint density at radius 2 is 0.950 bits per heavy atom. The van der Waals surface area contributed by atoms with E-state index in [9.17, 15) is 0 Å². The zero-order chi connectivity index (χ0) is 13.1. The summed E-state index contributed by atoms with van der Waals surface area (Å²) < 4.78 is 0. The van der Waals surface area contributed by atoms with E-state index in [0.29, 0.717) is 6.67 Å². The monoisotopic (exact) mass is 448 g/mol. The molecule has 0 aliphatic heterocycles. The maximum Gasteiger partial charge on any atom is 1.00 e. The minimum atomic E-state index is -0.750. The molecule has 0 spiro atoms. The van der Waals surface area contributed by atoms with Gasteiger partial charge < -0.3 is 20.8 Å². The van der Waals surface area contributed by atoms with Crippen molar-refractivity contribution >= 4 is 11.4 Å². The predicted octanol–water partition coefficient (Wildman–Crippen LogP) is 3.28. The zero-order valence-electron chi connectivity index (χ0n) is 10.7. The van der Waals surface area contributed by atoms with Crippen LogP contribution in [0.25, 0.3) is 10.6 Å². The first kappa shape index (κ1) is 21.5. The van der Waals surface area contributed by atoms with E-state index < -0.39 is 6.79 Å². The van der Waals surface area contributed by atoms with Crippen LogP contribution < -0.4 is 0 Å². The molecule has 0 atom stereocenters. The summed E-state index contributed by atoms with van der Waals surface area (Å²) in [7, 11) is 0. The van der Waals surface area contributed by atoms with Crippen LogP contribution in [0.1, 0.15) is 0 Å². The first-order valence-electron chi connectivity index (χ1n) is 5.53. The third-order valence-corrected chi connectivity index (χ3v) is 2.02. The van der Waals surface area contributed by atoms with Crippen molar-refractivity contribution in [2.45, 2.75) is 0 Å². The SMILES string of the molecule is OCO.[Ru+].[Ru+].c1ccc([N-]C[N-]c2ccccc2)cc1. The average molecular weight is 446 g/mol. The molecule has 2 rings (SSSR count). The summed E-state index contributed by atoms with van der Waals surface area (Å²) in [5.74, 6) is 0. The van der Waals surface area contributed by atoms with Crippen LogP contribution in [0.4, 0.5) is 11.4 Å². The van der Waals surface area contributed by atoms with Gasteiger partial charge in [-0.1, -0.05) is 60.7 Å². The minimum Gasteiger partial charge on any atom is -0.699 e. The fourth-order valence-corrected chi connectivity index (χ4v) is 1.27. The van der Waals surface area contributed by atoms with Gasteiger partial charge in [0.25, 0.3) is 0 Å². The van der Waals surface area contributed by atoms with Crippen LogP contribution in [0, 0.1) is 0 Å². The summed E-state index contributed by atoms with van der Waals surface area (Å²) in [6.07, 6.45) is 0. The van der Waals surface area contributed by atoms with Gasteiger partial charge in [-0.3, -0.25) is 0 Å². The van der Waals surface area contributed by atoms with Crippen molar-refractivity contribution in [1.29, 1.82) is 0 Å². The molecule has 0 aliphatic rings. The van der Waals surface area contributed by atoms with Crippen molar-refractivity contribution in [2.24, 2.45) is 0 Å². The number of aliphatic hydroxyl groups is 2. The molecule has 2 N–H and O–H groups in total. The Kier molecular flexibility index (Phi) is 15.7.